The maximum absolute atomic E-state index is 10.4. The monoisotopic (exact) mass is 395 g/mol. The van der Waals surface area contributed by atoms with E-state index < -0.39 is 5.97 Å². The molecule has 0 bridgehead atoms. The Hall–Kier alpha value is -1.14. The molecular weight excluding hydrogens is 342 g/mol. The predicted molar refractivity (Wildman–Crippen MR) is 122 cm³/mol. The highest BCUT2D eigenvalue weighted by Crippen LogP contribution is 1.96. The van der Waals surface area contributed by atoms with Crippen LogP contribution in [0.3, 0.4) is 0 Å². The largest absolute Gasteiger partial charge is 0.481 e. The van der Waals surface area contributed by atoms with Crippen molar-refractivity contribution in [2.75, 3.05) is 19.6 Å². The first kappa shape index (κ1) is 40.5. The van der Waals surface area contributed by atoms with Crippen molar-refractivity contribution < 1.29 is 14.7 Å². The number of carboxylic acid groups (broad SMARTS) is 1. The summed E-state index contributed by atoms with van der Waals surface area (Å²) < 4.78 is 0. The molecule has 27 heavy (non-hydrogen) atoms. The number of rotatable bonds is 7. The number of aliphatic carboxylic acids is 1. The third-order valence-corrected chi connectivity index (χ3v) is 3.59. The zero-order chi connectivity index (χ0) is 20.8. The van der Waals surface area contributed by atoms with Crippen LogP contribution in [0.2, 0.25) is 0 Å². The van der Waals surface area contributed by atoms with Gasteiger partial charge in [-0.25, -0.2) is 0 Å². The number of carboxylic acids is 1. The molecule has 0 aliphatic rings. The number of hydrogen-bond donors (Lipinski definition) is 4. The van der Waals surface area contributed by atoms with Crippen LogP contribution in [-0.4, -0.2) is 36.6 Å². The molecule has 6 heteroatoms. The van der Waals surface area contributed by atoms with Gasteiger partial charge in [0.25, 0.3) is 5.97 Å². The van der Waals surface area contributed by atoms with Crippen molar-refractivity contribution in [1.29, 1.82) is 0 Å². The zero-order valence-electron chi connectivity index (χ0n) is 17.9. The van der Waals surface area contributed by atoms with Crippen molar-refractivity contribution in [2.45, 2.75) is 89.5 Å². The third kappa shape index (κ3) is 67.6. The van der Waals surface area contributed by atoms with E-state index in [2.05, 4.69) is 46.9 Å². The summed E-state index contributed by atoms with van der Waals surface area (Å²) in [7, 11) is 0. The quantitative estimate of drug-likeness (QED) is 0.505. The first-order chi connectivity index (χ1) is 11.5. The molecule has 0 radical (unpaired) electrons. The number of amides is 1. The molecule has 3 atom stereocenters. The summed E-state index contributed by atoms with van der Waals surface area (Å²) >= 11 is 0. The normalized spacial score (nSPS) is 11.6. The first-order valence-electron chi connectivity index (χ1n) is 9.35. The zero-order valence-corrected chi connectivity index (χ0v) is 17.9. The van der Waals surface area contributed by atoms with Crippen molar-refractivity contribution in [3.05, 3.63) is 0 Å². The van der Waals surface area contributed by atoms with E-state index in [0.717, 1.165) is 33.0 Å². The summed E-state index contributed by atoms with van der Waals surface area (Å²) in [6, 6.07) is 0. The molecular formula is C21H53N3O3. The Morgan fingerprint density at radius 1 is 0.815 bits per heavy atom. The fraction of sp³-hybridized carbons (Fsp3) is 0.905. The fourth-order valence-electron chi connectivity index (χ4n) is 0.796. The van der Waals surface area contributed by atoms with Gasteiger partial charge in [0.05, 0.1) is 0 Å². The summed E-state index contributed by atoms with van der Waals surface area (Å²) in [6.45, 7) is 17.9. The number of nitrogens with two attached hydrogens (primary N) is 2. The maximum Gasteiger partial charge on any atom is 0.300 e. The molecule has 0 aromatic heterocycles. The highest BCUT2D eigenvalue weighted by atomic mass is 16.4. The molecule has 1 amide bonds. The van der Waals surface area contributed by atoms with Crippen molar-refractivity contribution in [3.8, 4) is 0 Å². The fourth-order valence-corrected chi connectivity index (χ4v) is 0.796. The van der Waals surface area contributed by atoms with Gasteiger partial charge in [0, 0.05) is 20.4 Å². The lowest BCUT2D eigenvalue weighted by Gasteiger charge is -2.07. The van der Waals surface area contributed by atoms with E-state index in [9.17, 15) is 4.79 Å². The number of carbonyl (C=O) groups excluding carboxylic acids is 1. The average molecular weight is 396 g/mol. The minimum Gasteiger partial charge on any atom is -0.481 e. The average Bonchev–Trinajstić information content (AvgIpc) is 2.58. The Morgan fingerprint density at radius 3 is 1.19 bits per heavy atom. The SMILES string of the molecule is C.C.CC(=O)O.CCC(C)CN.CCC(C)CN.CCC(C)CNC(C)=O. The topological polar surface area (TPSA) is 118 Å². The van der Waals surface area contributed by atoms with Crippen molar-refractivity contribution in [3.63, 3.8) is 0 Å². The van der Waals surface area contributed by atoms with Gasteiger partial charge in [-0.3, -0.25) is 9.59 Å². The van der Waals surface area contributed by atoms with Gasteiger partial charge in [-0.1, -0.05) is 75.7 Å². The van der Waals surface area contributed by atoms with Crippen LogP contribution in [0.15, 0.2) is 0 Å². The molecule has 0 spiro atoms. The summed E-state index contributed by atoms with van der Waals surface area (Å²) in [5.41, 5.74) is 10.6. The van der Waals surface area contributed by atoms with Crippen LogP contribution >= 0.6 is 0 Å². The van der Waals surface area contributed by atoms with Crippen LogP contribution in [0.1, 0.15) is 89.5 Å². The summed E-state index contributed by atoms with van der Waals surface area (Å²) in [6.07, 6.45) is 3.54. The van der Waals surface area contributed by atoms with Crippen LogP contribution in [0.5, 0.6) is 0 Å². The highest BCUT2D eigenvalue weighted by Gasteiger charge is 1.97. The molecule has 0 aliphatic heterocycles. The standard InChI is InChI=1S/C7H15NO.2C5H13N.C2H4O2.2CH4/c1-4-6(2)5-8-7(3)9;2*1-3-5(2)4-6;1-2(3)4;;/h6H,4-5H2,1-3H3,(H,8,9);2*5H,3-4,6H2,1-2H3;1H3,(H,3,4);2*1H4. The second-order valence-electron chi connectivity index (χ2n) is 6.47. The predicted octanol–water partition coefficient (Wildman–Crippen LogP) is 4.51. The highest BCUT2D eigenvalue weighted by molar-refractivity contribution is 5.72. The molecule has 6 nitrogen and oxygen atoms in total. The van der Waals surface area contributed by atoms with Gasteiger partial charge in [-0.2, -0.15) is 0 Å². The van der Waals surface area contributed by atoms with Gasteiger partial charge in [0.15, 0.2) is 0 Å². The lowest BCUT2D eigenvalue weighted by molar-refractivity contribution is -0.134. The second kappa shape index (κ2) is 32.5. The van der Waals surface area contributed by atoms with Crippen LogP contribution in [-0.2, 0) is 9.59 Å². The van der Waals surface area contributed by atoms with E-state index in [1.807, 2.05) is 0 Å². The van der Waals surface area contributed by atoms with Gasteiger partial charge in [0.1, 0.15) is 0 Å². The molecule has 3 unspecified atom stereocenters. The third-order valence-electron chi connectivity index (χ3n) is 3.59. The molecule has 0 saturated carbocycles. The molecule has 0 aromatic rings. The number of hydrogen-bond acceptors (Lipinski definition) is 4. The molecule has 0 saturated heterocycles. The van der Waals surface area contributed by atoms with Gasteiger partial charge in [-0.15, -0.1) is 0 Å². The Kier molecular flexibility index (Phi) is 48.8. The number of carbonyl (C=O) groups is 2. The van der Waals surface area contributed by atoms with E-state index in [1.165, 1.54) is 12.8 Å². The summed E-state index contributed by atoms with van der Waals surface area (Å²) in [5, 5.41) is 10.2. The van der Waals surface area contributed by atoms with E-state index in [0.29, 0.717) is 17.8 Å². The van der Waals surface area contributed by atoms with Gasteiger partial charge in [0.2, 0.25) is 5.91 Å². The smallest absolute Gasteiger partial charge is 0.300 e. The van der Waals surface area contributed by atoms with Crippen molar-refractivity contribution in [1.82, 2.24) is 5.32 Å². The summed E-state index contributed by atoms with van der Waals surface area (Å²) in [4.78, 5) is 19.4. The Balaban J connectivity index is -0.0000000552. The molecule has 0 aliphatic carbocycles. The van der Waals surface area contributed by atoms with E-state index >= 15 is 0 Å². The van der Waals surface area contributed by atoms with Crippen LogP contribution in [0.25, 0.3) is 0 Å². The molecule has 0 heterocycles. The molecule has 0 fully saturated rings. The van der Waals surface area contributed by atoms with Crippen LogP contribution in [0, 0.1) is 17.8 Å². The van der Waals surface area contributed by atoms with Crippen molar-refractivity contribution in [2.24, 2.45) is 29.2 Å². The van der Waals surface area contributed by atoms with E-state index in [-0.39, 0.29) is 20.8 Å². The maximum atomic E-state index is 10.4. The van der Waals surface area contributed by atoms with Crippen LogP contribution < -0.4 is 16.8 Å². The Bertz CT molecular complexity index is 266. The minimum absolute atomic E-state index is 0. The molecule has 0 aromatic carbocycles. The minimum atomic E-state index is -0.833. The number of nitrogens with one attached hydrogen (secondary N) is 1. The summed E-state index contributed by atoms with van der Waals surface area (Å²) in [5.74, 6) is 1.26. The van der Waals surface area contributed by atoms with E-state index in [1.54, 1.807) is 6.92 Å². The van der Waals surface area contributed by atoms with Crippen LogP contribution in [0.4, 0.5) is 0 Å². The Labute approximate surface area is 170 Å². The first-order valence-corrected chi connectivity index (χ1v) is 9.35. The van der Waals surface area contributed by atoms with Gasteiger partial charge in [-0.05, 0) is 30.8 Å². The second-order valence-corrected chi connectivity index (χ2v) is 6.47. The van der Waals surface area contributed by atoms with E-state index in [4.69, 9.17) is 21.4 Å². The van der Waals surface area contributed by atoms with Gasteiger partial charge >= 0.3 is 0 Å². The van der Waals surface area contributed by atoms with Gasteiger partial charge < -0.3 is 21.9 Å². The molecule has 170 valence electrons. The van der Waals surface area contributed by atoms with Crippen molar-refractivity contribution >= 4 is 11.9 Å². The molecule has 0 rings (SSSR count). The molecule has 6 N–H and O–H groups in total. The lowest BCUT2D eigenvalue weighted by Crippen LogP contribution is -2.25. The lowest BCUT2D eigenvalue weighted by atomic mass is 10.1. The Morgan fingerprint density at radius 2 is 1.07 bits per heavy atom.